The van der Waals surface area contributed by atoms with Crippen LogP contribution in [-0.2, 0) is 24.7 Å². The molecule has 11 nitrogen and oxygen atoms in total. The van der Waals surface area contributed by atoms with Gasteiger partial charge in [-0.25, -0.2) is 14.6 Å². The first-order valence-corrected chi connectivity index (χ1v) is 20.9. The van der Waals surface area contributed by atoms with Gasteiger partial charge in [0.25, 0.3) is 0 Å². The Kier molecular flexibility index (Phi) is 14.3. The number of esters is 1. The quantitative estimate of drug-likeness (QED) is 0.0295. The van der Waals surface area contributed by atoms with Crippen LogP contribution >= 0.6 is 22.9 Å². The van der Waals surface area contributed by atoms with Gasteiger partial charge in [-0.3, -0.25) is 4.98 Å². The zero-order valence-electron chi connectivity index (χ0n) is 33.6. The summed E-state index contributed by atoms with van der Waals surface area (Å²) >= 11 is 7.39. The fourth-order valence-corrected chi connectivity index (χ4v) is 7.77. The van der Waals surface area contributed by atoms with Crippen molar-refractivity contribution < 1.29 is 24.3 Å². The first-order chi connectivity index (χ1) is 28.5. The second-order valence-corrected chi connectivity index (χ2v) is 15.9. The highest BCUT2D eigenvalue weighted by Crippen LogP contribution is 2.40. The van der Waals surface area contributed by atoms with Crippen LogP contribution < -0.4 is 10.6 Å². The van der Waals surface area contributed by atoms with Gasteiger partial charge >= 0.3 is 11.9 Å². The molecule has 0 saturated carbocycles. The molecule has 1 atom stereocenters. The average molecular weight is 833 g/mol. The number of aromatic nitrogens is 2. The number of benzene rings is 4. The Morgan fingerprint density at radius 1 is 0.915 bits per heavy atom. The van der Waals surface area contributed by atoms with Crippen LogP contribution in [-0.4, -0.2) is 75.5 Å². The monoisotopic (exact) mass is 832 g/mol. The van der Waals surface area contributed by atoms with Crippen LogP contribution in [0, 0.1) is 0 Å². The van der Waals surface area contributed by atoms with E-state index in [1.807, 2.05) is 115 Å². The van der Waals surface area contributed by atoms with E-state index in [4.69, 9.17) is 21.2 Å². The van der Waals surface area contributed by atoms with Crippen LogP contribution in [0.15, 0.2) is 132 Å². The maximum Gasteiger partial charge on any atom is 0.360 e. The summed E-state index contributed by atoms with van der Waals surface area (Å²) in [5.74, 6) is -2.02. The number of likely N-dealkylation sites (N-methyl/N-ethyl adjacent to an activating group) is 1. The van der Waals surface area contributed by atoms with Crippen molar-refractivity contribution in [2.75, 3.05) is 36.9 Å². The SMILES string of the molecule is CCN(CCCC(C)Nc1ccnc2cc(Cl)ccc12)CCOC(=O)C(C)(C)O/N=C(\C(=O)O)c1csc(NC(c2ccccc2)(c2ccccc2)c2ccccc2)n1. The number of oxime groups is 1. The number of thiazole rings is 1. The molecule has 0 aliphatic rings. The topological polar surface area (TPSA) is 138 Å². The minimum Gasteiger partial charge on any atom is -0.476 e. The number of carbonyl (C=O) groups excluding carboxylic acids is 1. The standard InChI is InChI=1S/C46H49ClN6O5S/c1-5-53(27-15-16-32(2)49-38-25-26-48-39-30-36(47)23-24-37(38)39)28-29-57-43(56)45(3,4)58-52-41(42(54)55)40-31-59-44(50-40)51-46(33-17-9-6-10-18-33,34-19-11-7-12-20-34)35-21-13-8-14-22-35/h6-14,17-26,30-32H,5,15-16,27-29H2,1-4H3,(H,48,49)(H,50,51)(H,54,55)/b52-41-. The molecule has 2 heterocycles. The molecular weight excluding hydrogens is 784 g/mol. The number of nitrogens with zero attached hydrogens (tertiary/aromatic N) is 4. The summed E-state index contributed by atoms with van der Waals surface area (Å²) in [7, 11) is 0. The molecule has 0 aliphatic carbocycles. The van der Waals surface area contributed by atoms with Gasteiger partial charge in [-0.15, -0.1) is 11.3 Å². The minimum atomic E-state index is -1.57. The lowest BCUT2D eigenvalue weighted by atomic mass is 9.77. The first-order valence-electron chi connectivity index (χ1n) is 19.6. The molecule has 0 fully saturated rings. The second kappa shape index (κ2) is 19.8. The number of carboxylic acid groups (broad SMARTS) is 1. The van der Waals surface area contributed by atoms with Crippen molar-refractivity contribution in [3.63, 3.8) is 0 Å². The Morgan fingerprint density at radius 3 is 2.14 bits per heavy atom. The second-order valence-electron chi connectivity index (χ2n) is 14.6. The number of anilines is 2. The summed E-state index contributed by atoms with van der Waals surface area (Å²) in [6.45, 7) is 9.49. The molecule has 6 aromatic rings. The van der Waals surface area contributed by atoms with Crippen LogP contribution in [0.4, 0.5) is 10.8 Å². The molecule has 306 valence electrons. The first kappa shape index (κ1) is 42.8. The van der Waals surface area contributed by atoms with Crippen LogP contribution in [0.5, 0.6) is 0 Å². The number of hydrogen-bond donors (Lipinski definition) is 3. The normalized spacial score (nSPS) is 12.6. The number of halogens is 1. The number of carbonyl (C=O) groups is 2. The third kappa shape index (κ3) is 10.6. The zero-order valence-corrected chi connectivity index (χ0v) is 35.2. The summed E-state index contributed by atoms with van der Waals surface area (Å²) in [5.41, 5.74) is 1.98. The third-order valence-corrected chi connectivity index (χ3v) is 11.0. The maximum atomic E-state index is 13.2. The lowest BCUT2D eigenvalue weighted by molar-refractivity contribution is -0.168. The summed E-state index contributed by atoms with van der Waals surface area (Å²) < 4.78 is 5.60. The maximum absolute atomic E-state index is 13.2. The lowest BCUT2D eigenvalue weighted by Gasteiger charge is -2.36. The summed E-state index contributed by atoms with van der Waals surface area (Å²) in [6, 6.07) is 38.0. The summed E-state index contributed by atoms with van der Waals surface area (Å²) in [5, 5.41) is 25.1. The van der Waals surface area contributed by atoms with E-state index in [1.54, 1.807) is 11.6 Å². The van der Waals surface area contributed by atoms with Crippen molar-refractivity contribution in [3.05, 3.63) is 154 Å². The van der Waals surface area contributed by atoms with Crippen molar-refractivity contribution >= 4 is 62.3 Å². The smallest absolute Gasteiger partial charge is 0.360 e. The molecule has 0 spiro atoms. The Labute approximate surface area is 354 Å². The van der Waals surface area contributed by atoms with Gasteiger partial charge in [-0.1, -0.05) is 115 Å². The number of fused-ring (bicyclic) bond motifs is 1. The van der Waals surface area contributed by atoms with E-state index < -0.39 is 28.8 Å². The molecule has 0 bridgehead atoms. The van der Waals surface area contributed by atoms with Crippen LogP contribution in [0.25, 0.3) is 10.9 Å². The van der Waals surface area contributed by atoms with E-state index in [1.165, 1.54) is 25.2 Å². The van der Waals surface area contributed by atoms with Gasteiger partial charge in [0, 0.05) is 40.3 Å². The molecule has 4 aromatic carbocycles. The van der Waals surface area contributed by atoms with Gasteiger partial charge in [-0.2, -0.15) is 0 Å². The molecule has 13 heteroatoms. The Balaban J connectivity index is 1.06. The Bertz CT molecular complexity index is 2250. The van der Waals surface area contributed by atoms with Crippen molar-refractivity contribution in [2.24, 2.45) is 5.16 Å². The van der Waals surface area contributed by atoms with Crippen molar-refractivity contribution in [2.45, 2.75) is 57.7 Å². The number of ether oxygens (including phenoxy) is 1. The van der Waals surface area contributed by atoms with Crippen molar-refractivity contribution in [3.8, 4) is 0 Å². The largest absolute Gasteiger partial charge is 0.476 e. The van der Waals surface area contributed by atoms with Crippen LogP contribution in [0.2, 0.25) is 5.02 Å². The molecule has 0 radical (unpaired) electrons. The van der Waals surface area contributed by atoms with E-state index >= 15 is 0 Å². The fourth-order valence-electron chi connectivity index (χ4n) is 6.85. The molecule has 1 unspecified atom stereocenters. The van der Waals surface area contributed by atoms with Gasteiger partial charge < -0.3 is 30.2 Å². The summed E-state index contributed by atoms with van der Waals surface area (Å²) in [4.78, 5) is 42.6. The zero-order chi connectivity index (χ0) is 41.8. The Hall–Kier alpha value is -5.82. The van der Waals surface area contributed by atoms with Crippen LogP contribution in [0.3, 0.4) is 0 Å². The molecule has 0 saturated heterocycles. The molecular formula is C46H49ClN6O5S. The Morgan fingerprint density at radius 2 is 1.54 bits per heavy atom. The molecule has 59 heavy (non-hydrogen) atoms. The third-order valence-electron chi connectivity index (χ3n) is 10.0. The van der Waals surface area contributed by atoms with E-state index in [9.17, 15) is 14.7 Å². The number of hydrogen-bond acceptors (Lipinski definition) is 11. The lowest BCUT2D eigenvalue weighted by Crippen LogP contribution is -2.38. The molecule has 0 amide bonds. The number of pyridine rings is 1. The highest BCUT2D eigenvalue weighted by atomic mass is 35.5. The van der Waals surface area contributed by atoms with Gasteiger partial charge in [-0.05, 0) is 87.7 Å². The van der Waals surface area contributed by atoms with Gasteiger partial charge in [0.05, 0.1) is 5.52 Å². The van der Waals surface area contributed by atoms with E-state index in [0.717, 1.165) is 59.2 Å². The number of carboxylic acids is 1. The minimum absolute atomic E-state index is 0.0828. The predicted octanol–water partition coefficient (Wildman–Crippen LogP) is 9.48. The molecule has 0 aliphatic heterocycles. The van der Waals surface area contributed by atoms with Crippen LogP contribution in [0.1, 0.15) is 62.9 Å². The predicted molar refractivity (Wildman–Crippen MR) is 236 cm³/mol. The van der Waals surface area contributed by atoms with E-state index in [2.05, 4.69) is 44.5 Å². The number of nitrogens with one attached hydrogen (secondary N) is 2. The van der Waals surface area contributed by atoms with Gasteiger partial charge in [0.2, 0.25) is 11.3 Å². The number of aliphatic carboxylic acids is 1. The van der Waals surface area contributed by atoms with Crippen molar-refractivity contribution in [1.82, 2.24) is 14.9 Å². The summed E-state index contributed by atoms with van der Waals surface area (Å²) in [6.07, 6.45) is 3.65. The fraction of sp³-hybridized carbons (Fsp3) is 0.283. The molecule has 2 aromatic heterocycles. The highest BCUT2D eigenvalue weighted by Gasteiger charge is 2.38. The van der Waals surface area contributed by atoms with Gasteiger partial charge in [0.15, 0.2) is 5.13 Å². The van der Waals surface area contributed by atoms with Gasteiger partial charge in [0.1, 0.15) is 17.8 Å². The van der Waals surface area contributed by atoms with E-state index in [-0.39, 0.29) is 18.3 Å². The number of rotatable bonds is 20. The molecule has 3 N–H and O–H groups in total. The van der Waals surface area contributed by atoms with Crippen molar-refractivity contribution in [1.29, 1.82) is 0 Å². The highest BCUT2D eigenvalue weighted by molar-refractivity contribution is 7.14. The van der Waals surface area contributed by atoms with E-state index in [0.29, 0.717) is 16.7 Å². The average Bonchev–Trinajstić information content (AvgIpc) is 3.70. The molecule has 6 rings (SSSR count).